The molecule has 2 aromatic carbocycles. The number of hydrogen-bond acceptors (Lipinski definition) is 3. The Bertz CT molecular complexity index is 935. The van der Waals surface area contributed by atoms with Crippen LogP contribution < -0.4 is 4.80 Å². The maximum atomic E-state index is 12.7. The van der Waals surface area contributed by atoms with Gasteiger partial charge in [0.15, 0.2) is 0 Å². The summed E-state index contributed by atoms with van der Waals surface area (Å²) in [4.78, 5) is 0.675. The van der Waals surface area contributed by atoms with E-state index in [1.807, 2.05) is 35.9 Å². The lowest BCUT2D eigenvalue weighted by Gasteiger charge is -2.06. The molecule has 0 spiro atoms. The van der Waals surface area contributed by atoms with Crippen LogP contribution in [0.4, 0.5) is 13.2 Å². The lowest BCUT2D eigenvalue weighted by Crippen LogP contribution is -2.09. The molecule has 0 aliphatic heterocycles. The first-order chi connectivity index (χ1) is 10.9. The number of aromatic nitrogens is 1. The van der Waals surface area contributed by atoms with E-state index >= 15 is 0 Å². The van der Waals surface area contributed by atoms with E-state index in [0.717, 1.165) is 22.3 Å². The quantitative estimate of drug-likeness (QED) is 0.496. The van der Waals surface area contributed by atoms with Crippen molar-refractivity contribution in [2.75, 3.05) is 0 Å². The Morgan fingerprint density at radius 1 is 1.09 bits per heavy atom. The Hall–Kier alpha value is -2.41. The van der Waals surface area contributed by atoms with Gasteiger partial charge in [0, 0.05) is 7.05 Å². The lowest BCUT2D eigenvalue weighted by atomic mass is 10.1. The van der Waals surface area contributed by atoms with E-state index in [4.69, 9.17) is 0 Å². The summed E-state index contributed by atoms with van der Waals surface area (Å²) < 4.78 is 40.9. The summed E-state index contributed by atoms with van der Waals surface area (Å²) in [6.07, 6.45) is -3.04. The minimum absolute atomic E-state index is 0.354. The van der Waals surface area contributed by atoms with Crippen molar-refractivity contribution in [1.29, 1.82) is 0 Å². The summed E-state index contributed by atoms with van der Waals surface area (Å²) in [6.45, 7) is 0. The molecule has 3 rings (SSSR count). The Labute approximate surface area is 134 Å². The van der Waals surface area contributed by atoms with Crippen molar-refractivity contribution in [3.05, 3.63) is 64.5 Å². The van der Waals surface area contributed by atoms with Gasteiger partial charge in [0.25, 0.3) is 0 Å². The topological polar surface area (TPSA) is 29.6 Å². The molecule has 0 fully saturated rings. The van der Waals surface area contributed by atoms with Crippen molar-refractivity contribution < 1.29 is 13.2 Å². The number of alkyl halides is 3. The average molecular weight is 335 g/mol. The van der Waals surface area contributed by atoms with Crippen molar-refractivity contribution in [1.82, 2.24) is 4.57 Å². The molecule has 118 valence electrons. The maximum absolute atomic E-state index is 12.7. The summed E-state index contributed by atoms with van der Waals surface area (Å²) in [7, 11) is 1.87. The highest BCUT2D eigenvalue weighted by molar-refractivity contribution is 7.16. The number of para-hydroxylation sites is 1. The first kappa shape index (κ1) is 15.5. The SMILES string of the molecule is Cn1/c(=N/N=C/c2cccc(C(F)(F)F)c2)sc2ccccc21. The minimum Gasteiger partial charge on any atom is -0.318 e. The molecule has 0 saturated heterocycles. The summed E-state index contributed by atoms with van der Waals surface area (Å²) >= 11 is 1.47. The predicted molar refractivity (Wildman–Crippen MR) is 85.4 cm³/mol. The maximum Gasteiger partial charge on any atom is 0.416 e. The molecular weight excluding hydrogens is 323 g/mol. The van der Waals surface area contributed by atoms with Crippen LogP contribution in [0.25, 0.3) is 10.2 Å². The number of halogens is 3. The zero-order valence-corrected chi connectivity index (χ0v) is 12.9. The van der Waals surface area contributed by atoms with Crippen LogP contribution in [0.3, 0.4) is 0 Å². The summed E-state index contributed by atoms with van der Waals surface area (Å²) in [5.41, 5.74) is 0.687. The van der Waals surface area contributed by atoms with Crippen molar-refractivity contribution in [2.24, 2.45) is 17.3 Å². The first-order valence-corrected chi connectivity index (χ1v) is 7.56. The minimum atomic E-state index is -4.36. The normalized spacial score (nSPS) is 13.3. The lowest BCUT2D eigenvalue weighted by molar-refractivity contribution is -0.137. The Balaban J connectivity index is 1.92. The molecule has 0 N–H and O–H groups in total. The fourth-order valence-corrected chi connectivity index (χ4v) is 3.09. The molecule has 0 saturated carbocycles. The molecule has 0 atom stereocenters. The summed E-state index contributed by atoms with van der Waals surface area (Å²) in [5, 5.41) is 8.01. The zero-order chi connectivity index (χ0) is 16.4. The highest BCUT2D eigenvalue weighted by atomic mass is 32.1. The molecule has 0 unspecified atom stereocenters. The van der Waals surface area contributed by atoms with Gasteiger partial charge in [-0.25, -0.2) is 0 Å². The molecule has 1 aromatic heterocycles. The number of nitrogens with zero attached hydrogens (tertiary/aromatic N) is 3. The van der Waals surface area contributed by atoms with Crippen molar-refractivity contribution in [3.63, 3.8) is 0 Å². The van der Waals surface area contributed by atoms with E-state index < -0.39 is 11.7 Å². The highest BCUT2D eigenvalue weighted by Gasteiger charge is 2.30. The van der Waals surface area contributed by atoms with Gasteiger partial charge in [-0.2, -0.15) is 18.3 Å². The van der Waals surface area contributed by atoms with Gasteiger partial charge in [0.2, 0.25) is 4.80 Å². The second-order valence-corrected chi connectivity index (χ2v) is 5.89. The van der Waals surface area contributed by atoms with Crippen LogP contribution in [-0.2, 0) is 13.2 Å². The standard InChI is InChI=1S/C16H12F3N3S/c1-22-13-7-2-3-8-14(13)23-15(22)21-20-10-11-5-4-6-12(9-11)16(17,18)19/h2-10H,1H3/b20-10+,21-15-. The number of benzene rings is 2. The van der Waals surface area contributed by atoms with Crippen LogP contribution in [0.5, 0.6) is 0 Å². The molecule has 7 heteroatoms. The van der Waals surface area contributed by atoms with Gasteiger partial charge in [-0.3, -0.25) is 0 Å². The molecule has 3 nitrogen and oxygen atoms in total. The third kappa shape index (κ3) is 3.34. The number of hydrogen-bond donors (Lipinski definition) is 0. The van der Waals surface area contributed by atoms with Crippen LogP contribution in [0.2, 0.25) is 0 Å². The van der Waals surface area contributed by atoms with Gasteiger partial charge in [-0.15, -0.1) is 5.10 Å². The van der Waals surface area contributed by atoms with Gasteiger partial charge in [-0.1, -0.05) is 35.6 Å². The van der Waals surface area contributed by atoms with E-state index in [-0.39, 0.29) is 0 Å². The fraction of sp³-hybridized carbons (Fsp3) is 0.125. The monoisotopic (exact) mass is 335 g/mol. The van der Waals surface area contributed by atoms with E-state index in [1.54, 1.807) is 6.07 Å². The molecule has 3 aromatic rings. The van der Waals surface area contributed by atoms with Gasteiger partial charge in [0.1, 0.15) is 0 Å². The molecule has 0 bridgehead atoms. The van der Waals surface area contributed by atoms with Crippen LogP contribution in [0, 0.1) is 0 Å². The largest absolute Gasteiger partial charge is 0.416 e. The molecule has 0 aliphatic rings. The molecule has 0 aliphatic carbocycles. The molecule has 0 amide bonds. The smallest absolute Gasteiger partial charge is 0.318 e. The van der Waals surface area contributed by atoms with Crippen LogP contribution in [0.15, 0.2) is 58.7 Å². The summed E-state index contributed by atoms with van der Waals surface area (Å²) in [6, 6.07) is 12.8. The number of aryl methyl sites for hydroxylation is 1. The first-order valence-electron chi connectivity index (χ1n) is 6.74. The Kier molecular flexibility index (Phi) is 4.04. The van der Waals surface area contributed by atoms with E-state index in [0.29, 0.717) is 10.4 Å². The highest BCUT2D eigenvalue weighted by Crippen LogP contribution is 2.29. The number of thiazole rings is 1. The van der Waals surface area contributed by atoms with E-state index in [9.17, 15) is 13.2 Å². The molecular formula is C16H12F3N3S. The number of fused-ring (bicyclic) bond motifs is 1. The number of rotatable bonds is 2. The third-order valence-corrected chi connectivity index (χ3v) is 4.38. The average Bonchev–Trinajstić information content (AvgIpc) is 2.84. The predicted octanol–water partition coefficient (Wildman–Crippen LogP) is 4.19. The fourth-order valence-electron chi connectivity index (χ4n) is 2.12. The third-order valence-electron chi connectivity index (χ3n) is 3.28. The van der Waals surface area contributed by atoms with Crippen molar-refractivity contribution in [3.8, 4) is 0 Å². The van der Waals surface area contributed by atoms with E-state index in [1.165, 1.54) is 23.6 Å². The van der Waals surface area contributed by atoms with Gasteiger partial charge < -0.3 is 4.57 Å². The van der Waals surface area contributed by atoms with Crippen molar-refractivity contribution >= 4 is 27.8 Å². The Morgan fingerprint density at radius 3 is 2.61 bits per heavy atom. The molecule has 0 radical (unpaired) electrons. The second kappa shape index (κ2) is 6.00. The molecule has 1 heterocycles. The van der Waals surface area contributed by atoms with Gasteiger partial charge in [-0.05, 0) is 29.8 Å². The van der Waals surface area contributed by atoms with Crippen LogP contribution >= 0.6 is 11.3 Å². The van der Waals surface area contributed by atoms with Gasteiger partial charge >= 0.3 is 6.18 Å². The van der Waals surface area contributed by atoms with Crippen LogP contribution in [0.1, 0.15) is 11.1 Å². The van der Waals surface area contributed by atoms with Gasteiger partial charge in [0.05, 0.1) is 22.0 Å². The summed E-state index contributed by atoms with van der Waals surface area (Å²) in [5.74, 6) is 0. The van der Waals surface area contributed by atoms with Crippen molar-refractivity contribution in [2.45, 2.75) is 6.18 Å². The van der Waals surface area contributed by atoms with Crippen LogP contribution in [-0.4, -0.2) is 10.8 Å². The zero-order valence-electron chi connectivity index (χ0n) is 12.1. The Morgan fingerprint density at radius 2 is 1.87 bits per heavy atom. The molecule has 23 heavy (non-hydrogen) atoms. The van der Waals surface area contributed by atoms with E-state index in [2.05, 4.69) is 10.2 Å². The second-order valence-electron chi connectivity index (χ2n) is 4.88.